The molecule has 0 spiro atoms. The highest BCUT2D eigenvalue weighted by atomic mass is 16.5. The summed E-state index contributed by atoms with van der Waals surface area (Å²) in [6.45, 7) is 3.52. The predicted octanol–water partition coefficient (Wildman–Crippen LogP) is 3.92. The number of ether oxygens (including phenoxy) is 2. The average molecular weight is 337 g/mol. The Hall–Kier alpha value is -2.95. The Morgan fingerprint density at radius 1 is 1.04 bits per heavy atom. The van der Waals surface area contributed by atoms with Crippen LogP contribution in [0.2, 0.25) is 0 Å². The lowest BCUT2D eigenvalue weighted by molar-refractivity contribution is 0.301. The van der Waals surface area contributed by atoms with Gasteiger partial charge in [0.15, 0.2) is 0 Å². The van der Waals surface area contributed by atoms with Gasteiger partial charge in [0.2, 0.25) is 0 Å². The number of aromatic nitrogens is 2. The van der Waals surface area contributed by atoms with Gasteiger partial charge in [-0.15, -0.1) is 0 Å². The Balaban J connectivity index is 1.58. The molecule has 1 aromatic heterocycles. The maximum atomic E-state index is 6.01. The van der Waals surface area contributed by atoms with E-state index in [-0.39, 0.29) is 0 Å². The summed E-state index contributed by atoms with van der Waals surface area (Å²) in [4.78, 5) is 4.55. The van der Waals surface area contributed by atoms with Gasteiger partial charge in [-0.25, -0.2) is 4.98 Å². The molecular formula is C20H23N3O2. The molecule has 0 fully saturated rings. The molecule has 0 amide bonds. The van der Waals surface area contributed by atoms with Crippen molar-refractivity contribution in [1.82, 2.24) is 9.55 Å². The molecule has 0 aliphatic rings. The molecule has 0 aliphatic heterocycles. The van der Waals surface area contributed by atoms with Gasteiger partial charge in [0.25, 0.3) is 0 Å². The molecule has 0 saturated heterocycles. The van der Waals surface area contributed by atoms with E-state index >= 15 is 0 Å². The van der Waals surface area contributed by atoms with Crippen molar-refractivity contribution in [3.05, 3.63) is 60.6 Å². The van der Waals surface area contributed by atoms with Crippen molar-refractivity contribution in [3.63, 3.8) is 0 Å². The lowest BCUT2D eigenvalue weighted by atomic mass is 10.1. The van der Waals surface area contributed by atoms with E-state index in [1.54, 1.807) is 7.11 Å². The van der Waals surface area contributed by atoms with E-state index in [2.05, 4.69) is 28.6 Å². The number of para-hydroxylation sites is 1. The molecule has 2 N–H and O–H groups in total. The van der Waals surface area contributed by atoms with Crippen LogP contribution in [0.15, 0.2) is 54.9 Å². The van der Waals surface area contributed by atoms with Gasteiger partial charge in [-0.3, -0.25) is 0 Å². The van der Waals surface area contributed by atoms with Crippen LogP contribution in [0.3, 0.4) is 0 Å². The van der Waals surface area contributed by atoms with Gasteiger partial charge in [0, 0.05) is 17.8 Å². The first-order chi connectivity index (χ1) is 12.2. The second-order valence-corrected chi connectivity index (χ2v) is 5.81. The fourth-order valence-electron chi connectivity index (χ4n) is 2.79. The first kappa shape index (κ1) is 16.9. The Kier molecular flexibility index (Phi) is 5.23. The van der Waals surface area contributed by atoms with Crippen LogP contribution in [0.5, 0.6) is 11.5 Å². The van der Waals surface area contributed by atoms with Gasteiger partial charge >= 0.3 is 0 Å². The first-order valence-corrected chi connectivity index (χ1v) is 8.33. The van der Waals surface area contributed by atoms with Gasteiger partial charge in [-0.1, -0.05) is 36.4 Å². The lowest BCUT2D eigenvalue weighted by Gasteiger charge is -2.12. The van der Waals surface area contributed by atoms with Crippen molar-refractivity contribution >= 4 is 5.69 Å². The topological polar surface area (TPSA) is 62.3 Å². The van der Waals surface area contributed by atoms with Gasteiger partial charge < -0.3 is 19.8 Å². The van der Waals surface area contributed by atoms with Crippen molar-refractivity contribution in [2.75, 3.05) is 19.5 Å². The molecule has 2 aromatic carbocycles. The highest BCUT2D eigenvalue weighted by molar-refractivity contribution is 5.62. The fourth-order valence-corrected chi connectivity index (χ4v) is 2.79. The summed E-state index contributed by atoms with van der Waals surface area (Å²) in [6.07, 6.45) is 2.75. The van der Waals surface area contributed by atoms with Crippen molar-refractivity contribution in [3.8, 4) is 22.8 Å². The molecule has 0 aliphatic carbocycles. The van der Waals surface area contributed by atoms with E-state index in [1.807, 2.05) is 42.7 Å². The normalized spacial score (nSPS) is 10.6. The molecule has 5 heteroatoms. The zero-order chi connectivity index (χ0) is 17.6. The molecule has 130 valence electrons. The number of rotatable bonds is 7. The summed E-state index contributed by atoms with van der Waals surface area (Å²) in [5.74, 6) is 1.29. The minimum absolute atomic E-state index is 0.537. The summed E-state index contributed by atoms with van der Waals surface area (Å²) >= 11 is 0. The van der Waals surface area contributed by atoms with Crippen LogP contribution < -0.4 is 15.2 Å². The van der Waals surface area contributed by atoms with Crippen LogP contribution in [0, 0.1) is 6.92 Å². The number of hydrogen-bond donors (Lipinski definition) is 1. The molecule has 5 nitrogen and oxygen atoms in total. The number of methoxy groups -OCH3 is 1. The van der Waals surface area contributed by atoms with E-state index in [4.69, 9.17) is 15.2 Å². The Morgan fingerprint density at radius 3 is 2.56 bits per heavy atom. The molecule has 0 atom stereocenters. The third-order valence-corrected chi connectivity index (χ3v) is 4.19. The minimum atomic E-state index is 0.537. The zero-order valence-corrected chi connectivity index (χ0v) is 14.6. The molecule has 0 bridgehead atoms. The zero-order valence-electron chi connectivity index (χ0n) is 14.6. The summed E-state index contributed by atoms with van der Waals surface area (Å²) < 4.78 is 13.2. The second kappa shape index (κ2) is 7.75. The van der Waals surface area contributed by atoms with Crippen LogP contribution in [-0.4, -0.2) is 23.3 Å². The first-order valence-electron chi connectivity index (χ1n) is 8.33. The maximum Gasteiger partial charge on any atom is 0.146 e. The Morgan fingerprint density at radius 2 is 1.80 bits per heavy atom. The van der Waals surface area contributed by atoms with Crippen molar-refractivity contribution in [2.45, 2.75) is 19.9 Å². The number of anilines is 1. The largest absolute Gasteiger partial charge is 0.494 e. The van der Waals surface area contributed by atoms with Crippen molar-refractivity contribution in [2.24, 2.45) is 0 Å². The van der Waals surface area contributed by atoms with E-state index in [0.29, 0.717) is 23.8 Å². The number of nitrogens with two attached hydrogens (primary N) is 1. The minimum Gasteiger partial charge on any atom is -0.494 e. The fraction of sp³-hybridized carbons (Fsp3) is 0.250. The highest BCUT2D eigenvalue weighted by Crippen LogP contribution is 2.31. The molecule has 0 radical (unpaired) electrons. The Labute approximate surface area is 148 Å². The Bertz CT molecular complexity index is 828. The standard InChI is InChI=1S/C20H23N3O2/c1-15-20(16-8-4-3-5-9-16)22-14-23(15)12-7-13-25-18-11-6-10-17(24-2)19(18)21/h3-6,8-11,14H,7,12-13,21H2,1-2H3. The van der Waals surface area contributed by atoms with Crippen LogP contribution in [0.4, 0.5) is 5.69 Å². The number of aryl methyl sites for hydroxylation is 1. The maximum absolute atomic E-state index is 6.01. The van der Waals surface area contributed by atoms with Crippen LogP contribution in [-0.2, 0) is 6.54 Å². The van der Waals surface area contributed by atoms with Crippen molar-refractivity contribution < 1.29 is 9.47 Å². The monoisotopic (exact) mass is 337 g/mol. The summed E-state index contributed by atoms with van der Waals surface area (Å²) in [7, 11) is 1.60. The molecule has 3 aromatic rings. The van der Waals surface area contributed by atoms with Crippen LogP contribution in [0.1, 0.15) is 12.1 Å². The number of benzene rings is 2. The van der Waals surface area contributed by atoms with Crippen molar-refractivity contribution in [1.29, 1.82) is 0 Å². The summed E-state index contributed by atoms with van der Waals surface area (Å²) in [6, 6.07) is 15.8. The highest BCUT2D eigenvalue weighted by Gasteiger charge is 2.09. The molecule has 3 rings (SSSR count). The summed E-state index contributed by atoms with van der Waals surface area (Å²) in [5, 5.41) is 0. The van der Waals surface area contributed by atoms with Gasteiger partial charge in [-0.2, -0.15) is 0 Å². The van der Waals surface area contributed by atoms with Gasteiger partial charge in [0.1, 0.15) is 17.2 Å². The molecule has 0 saturated carbocycles. The van der Waals surface area contributed by atoms with E-state index in [0.717, 1.165) is 29.9 Å². The van der Waals surface area contributed by atoms with E-state index in [1.165, 1.54) is 0 Å². The molecule has 1 heterocycles. The third kappa shape index (κ3) is 3.76. The molecule has 0 unspecified atom stereocenters. The second-order valence-electron chi connectivity index (χ2n) is 5.81. The number of nitrogen functional groups attached to an aromatic ring is 1. The quantitative estimate of drug-likeness (QED) is 0.524. The predicted molar refractivity (Wildman–Crippen MR) is 99.9 cm³/mol. The smallest absolute Gasteiger partial charge is 0.146 e. The molecule has 25 heavy (non-hydrogen) atoms. The lowest BCUT2D eigenvalue weighted by Crippen LogP contribution is -2.06. The van der Waals surface area contributed by atoms with Gasteiger partial charge in [0.05, 0.1) is 25.7 Å². The van der Waals surface area contributed by atoms with Crippen LogP contribution >= 0.6 is 0 Å². The van der Waals surface area contributed by atoms with E-state index in [9.17, 15) is 0 Å². The third-order valence-electron chi connectivity index (χ3n) is 4.19. The molecular weight excluding hydrogens is 314 g/mol. The number of imidazole rings is 1. The van der Waals surface area contributed by atoms with Crippen LogP contribution in [0.25, 0.3) is 11.3 Å². The number of nitrogens with zero attached hydrogens (tertiary/aromatic N) is 2. The van der Waals surface area contributed by atoms with E-state index < -0.39 is 0 Å². The SMILES string of the molecule is COc1cccc(OCCCn2cnc(-c3ccccc3)c2C)c1N. The number of hydrogen-bond acceptors (Lipinski definition) is 4. The summed E-state index contributed by atoms with van der Waals surface area (Å²) in [5.41, 5.74) is 9.87. The van der Waals surface area contributed by atoms with Gasteiger partial charge in [-0.05, 0) is 25.5 Å². The average Bonchev–Trinajstić information content (AvgIpc) is 3.01.